The number of rotatable bonds is 6. The van der Waals surface area contributed by atoms with Gasteiger partial charge >= 0.3 is 0 Å². The van der Waals surface area contributed by atoms with Gasteiger partial charge in [0.15, 0.2) is 0 Å². The first-order valence-corrected chi connectivity index (χ1v) is 10.0. The Morgan fingerprint density at radius 3 is 2.61 bits per heavy atom. The summed E-state index contributed by atoms with van der Waals surface area (Å²) in [7, 11) is -2.22. The minimum atomic E-state index is -3.57. The molecule has 124 valence electrons. The molecule has 2 aromatic rings. The van der Waals surface area contributed by atoms with E-state index in [0.717, 1.165) is 8.66 Å². The molecule has 0 fully saturated rings. The number of sulfonamides is 1. The lowest BCUT2D eigenvalue weighted by Gasteiger charge is -2.20. The van der Waals surface area contributed by atoms with Crippen LogP contribution in [0.5, 0.6) is 0 Å². The lowest BCUT2D eigenvalue weighted by atomic mass is 10.2. The third kappa shape index (κ3) is 4.41. The molecule has 1 aromatic heterocycles. The first kappa shape index (κ1) is 18.1. The van der Waals surface area contributed by atoms with E-state index >= 15 is 0 Å². The summed E-state index contributed by atoms with van der Waals surface area (Å²) in [5.41, 5.74) is 0.360. The highest BCUT2D eigenvalue weighted by molar-refractivity contribution is 9.11. The maximum Gasteiger partial charge on any atom is 0.254 e. The number of nitrogens with one attached hydrogen (secondary N) is 1. The van der Waals surface area contributed by atoms with Gasteiger partial charge in [0.2, 0.25) is 10.0 Å². The van der Waals surface area contributed by atoms with Gasteiger partial charge in [-0.15, -0.1) is 11.3 Å². The van der Waals surface area contributed by atoms with Crippen LogP contribution < -0.4 is 4.72 Å². The van der Waals surface area contributed by atoms with Crippen LogP contribution in [0, 0.1) is 0 Å². The molecule has 1 heterocycles. The van der Waals surface area contributed by atoms with Crippen molar-refractivity contribution in [2.45, 2.75) is 18.4 Å². The fraction of sp³-hybridized carbons (Fsp3) is 0.267. The molecule has 0 radical (unpaired) electrons. The number of hydrogen-bond donors (Lipinski definition) is 1. The summed E-state index contributed by atoms with van der Waals surface area (Å²) in [6, 6.07) is 9.98. The highest BCUT2D eigenvalue weighted by Gasteiger charge is 2.18. The minimum absolute atomic E-state index is 0.0840. The van der Waals surface area contributed by atoms with E-state index < -0.39 is 10.0 Å². The largest absolute Gasteiger partial charge is 0.334 e. The summed E-state index contributed by atoms with van der Waals surface area (Å²) >= 11 is 4.98. The van der Waals surface area contributed by atoms with Crippen LogP contribution in [0.4, 0.5) is 0 Å². The molecule has 23 heavy (non-hydrogen) atoms. The average molecular weight is 417 g/mol. The number of halogens is 1. The second kappa shape index (κ2) is 7.57. The van der Waals surface area contributed by atoms with Crippen LogP contribution >= 0.6 is 27.3 Å². The predicted molar refractivity (Wildman–Crippen MR) is 95.1 cm³/mol. The molecular formula is C15H17BrN2O3S2. The van der Waals surface area contributed by atoms with Gasteiger partial charge in [-0.2, -0.15) is 0 Å². The van der Waals surface area contributed by atoms with Crippen molar-refractivity contribution in [2.75, 3.05) is 13.6 Å². The van der Waals surface area contributed by atoms with Crippen molar-refractivity contribution in [2.24, 2.45) is 0 Å². The monoisotopic (exact) mass is 416 g/mol. The Morgan fingerprint density at radius 1 is 1.30 bits per heavy atom. The fourth-order valence-corrected chi connectivity index (χ4v) is 4.32. The van der Waals surface area contributed by atoms with Gasteiger partial charge in [-0.05, 0) is 60.2 Å². The maximum absolute atomic E-state index is 12.7. The average Bonchev–Trinajstić information content (AvgIpc) is 2.97. The van der Waals surface area contributed by atoms with E-state index in [1.165, 1.54) is 19.2 Å². The summed E-state index contributed by atoms with van der Waals surface area (Å²) in [5, 5.41) is 0. The van der Waals surface area contributed by atoms with Crippen molar-refractivity contribution >= 4 is 43.2 Å². The van der Waals surface area contributed by atoms with Crippen LogP contribution in [0.1, 0.15) is 22.2 Å². The Balaban J connectivity index is 2.25. The first-order chi connectivity index (χ1) is 10.9. The molecule has 0 bridgehead atoms. The van der Waals surface area contributed by atoms with E-state index in [9.17, 15) is 13.2 Å². The van der Waals surface area contributed by atoms with E-state index in [1.54, 1.807) is 28.4 Å². The van der Waals surface area contributed by atoms with E-state index in [2.05, 4.69) is 20.7 Å². The standard InChI is InChI=1S/C15H17BrN2O3S2/c1-3-18(10-12-7-8-14(16)22-12)15(19)11-5-4-6-13(9-11)23(20,21)17-2/h4-9,17H,3,10H2,1-2H3. The van der Waals surface area contributed by atoms with Crippen LogP contribution in [-0.4, -0.2) is 32.8 Å². The number of hydrogen-bond acceptors (Lipinski definition) is 4. The molecule has 5 nitrogen and oxygen atoms in total. The van der Waals surface area contributed by atoms with Crippen molar-refractivity contribution in [1.82, 2.24) is 9.62 Å². The van der Waals surface area contributed by atoms with Crippen molar-refractivity contribution in [3.63, 3.8) is 0 Å². The van der Waals surface area contributed by atoms with Gasteiger partial charge in [-0.3, -0.25) is 4.79 Å². The Kier molecular flexibility index (Phi) is 5.96. The first-order valence-electron chi connectivity index (χ1n) is 6.94. The lowest BCUT2D eigenvalue weighted by Crippen LogP contribution is -2.30. The number of carbonyl (C=O) groups is 1. The fourth-order valence-electron chi connectivity index (χ4n) is 2.05. The second-order valence-corrected chi connectivity index (χ2v) is 9.19. The van der Waals surface area contributed by atoms with E-state index in [0.29, 0.717) is 18.7 Å². The predicted octanol–water partition coefficient (Wildman–Crippen LogP) is 3.08. The van der Waals surface area contributed by atoms with Crippen LogP contribution in [0.3, 0.4) is 0 Å². The highest BCUT2D eigenvalue weighted by atomic mass is 79.9. The number of amides is 1. The molecule has 0 aliphatic heterocycles. The molecule has 1 aromatic carbocycles. The molecule has 0 saturated heterocycles. The highest BCUT2D eigenvalue weighted by Crippen LogP contribution is 2.24. The zero-order chi connectivity index (χ0) is 17.0. The molecule has 0 atom stereocenters. The Hall–Kier alpha value is -1.22. The van der Waals surface area contributed by atoms with Gasteiger partial charge in [0.1, 0.15) is 0 Å². The summed E-state index contributed by atoms with van der Waals surface area (Å²) in [6.07, 6.45) is 0. The normalized spacial score (nSPS) is 11.4. The zero-order valence-electron chi connectivity index (χ0n) is 12.7. The third-order valence-corrected chi connectivity index (χ3v) is 6.32. The molecule has 2 rings (SSSR count). The molecule has 1 amide bonds. The van der Waals surface area contributed by atoms with Crippen molar-refractivity contribution in [1.29, 1.82) is 0 Å². The van der Waals surface area contributed by atoms with Gasteiger partial charge in [0, 0.05) is 17.0 Å². The summed E-state index contributed by atoms with van der Waals surface area (Å²) < 4.78 is 27.0. The number of thiophene rings is 1. The molecule has 0 saturated carbocycles. The summed E-state index contributed by atoms with van der Waals surface area (Å²) in [5.74, 6) is -0.190. The van der Waals surface area contributed by atoms with E-state index in [-0.39, 0.29) is 10.8 Å². The van der Waals surface area contributed by atoms with Gasteiger partial charge in [0.25, 0.3) is 5.91 Å². The number of nitrogens with zero attached hydrogens (tertiary/aromatic N) is 1. The van der Waals surface area contributed by atoms with Crippen LogP contribution in [0.15, 0.2) is 45.1 Å². The smallest absolute Gasteiger partial charge is 0.254 e. The summed E-state index contributed by atoms with van der Waals surface area (Å²) in [6.45, 7) is 2.93. The molecule has 1 N–H and O–H groups in total. The molecule has 0 aliphatic carbocycles. The molecule has 0 unspecified atom stereocenters. The van der Waals surface area contributed by atoms with Crippen LogP contribution in [0.25, 0.3) is 0 Å². The quantitative estimate of drug-likeness (QED) is 0.786. The van der Waals surface area contributed by atoms with Crippen molar-refractivity contribution in [3.05, 3.63) is 50.6 Å². The van der Waals surface area contributed by atoms with Crippen molar-refractivity contribution in [3.8, 4) is 0 Å². The topological polar surface area (TPSA) is 66.5 Å². The van der Waals surface area contributed by atoms with Crippen molar-refractivity contribution < 1.29 is 13.2 Å². The summed E-state index contributed by atoms with van der Waals surface area (Å²) in [4.78, 5) is 15.5. The SMILES string of the molecule is CCN(Cc1ccc(Br)s1)C(=O)c1cccc(S(=O)(=O)NC)c1. The number of benzene rings is 1. The second-order valence-electron chi connectivity index (χ2n) is 4.76. The lowest BCUT2D eigenvalue weighted by molar-refractivity contribution is 0.0754. The molecule has 8 heteroatoms. The molecular weight excluding hydrogens is 400 g/mol. The van der Waals surface area contributed by atoms with E-state index in [1.807, 2.05) is 19.1 Å². The Labute approximate surface area is 148 Å². The molecule has 0 spiro atoms. The molecule has 0 aliphatic rings. The van der Waals surface area contributed by atoms with E-state index in [4.69, 9.17) is 0 Å². The Morgan fingerprint density at radius 2 is 2.04 bits per heavy atom. The van der Waals surface area contributed by atoms with Gasteiger partial charge < -0.3 is 4.90 Å². The van der Waals surface area contributed by atoms with Crippen LogP contribution in [0.2, 0.25) is 0 Å². The minimum Gasteiger partial charge on any atom is -0.334 e. The maximum atomic E-state index is 12.7. The van der Waals surface area contributed by atoms with Gasteiger partial charge in [-0.25, -0.2) is 13.1 Å². The Bertz CT molecular complexity index is 803. The van der Waals surface area contributed by atoms with Crippen LogP contribution in [-0.2, 0) is 16.6 Å². The van der Waals surface area contributed by atoms with Gasteiger partial charge in [0.05, 0.1) is 15.2 Å². The zero-order valence-corrected chi connectivity index (χ0v) is 16.0. The number of carbonyl (C=O) groups excluding carboxylic acids is 1. The van der Waals surface area contributed by atoms with Gasteiger partial charge in [-0.1, -0.05) is 6.07 Å². The third-order valence-electron chi connectivity index (χ3n) is 3.30.